The number of benzene rings is 1. The molecule has 0 saturated carbocycles. The first kappa shape index (κ1) is 11.3. The lowest BCUT2D eigenvalue weighted by Crippen LogP contribution is -2.15. The van der Waals surface area contributed by atoms with E-state index in [4.69, 9.17) is 16.2 Å². The highest BCUT2D eigenvalue weighted by Crippen LogP contribution is 2.24. The predicted octanol–water partition coefficient (Wildman–Crippen LogP) is 1.29. The Kier molecular flexibility index (Phi) is 3.14. The first-order chi connectivity index (χ1) is 6.91. The Morgan fingerprint density at radius 1 is 1.47 bits per heavy atom. The number of carbonyl (C=O) groups excluding carboxylic acids is 1. The molecule has 5 heteroatoms. The summed E-state index contributed by atoms with van der Waals surface area (Å²) in [5.74, 6) is -1.33. The molecule has 82 valence electrons. The Labute approximate surface area is 87.0 Å². The van der Waals surface area contributed by atoms with Crippen molar-refractivity contribution in [3.63, 3.8) is 0 Å². The molecule has 1 aromatic rings. The smallest absolute Gasteiger partial charge is 0.250 e. The fourth-order valence-corrected chi connectivity index (χ4v) is 1.13. The topological polar surface area (TPSA) is 78.3 Å². The van der Waals surface area contributed by atoms with Crippen molar-refractivity contribution in [1.82, 2.24) is 0 Å². The maximum atomic E-state index is 13.3. The van der Waals surface area contributed by atoms with E-state index in [1.807, 2.05) is 0 Å². The van der Waals surface area contributed by atoms with E-state index >= 15 is 0 Å². The number of hydrogen-bond acceptors (Lipinski definition) is 3. The van der Waals surface area contributed by atoms with Crippen molar-refractivity contribution in [2.24, 2.45) is 5.73 Å². The molecule has 0 atom stereocenters. The van der Waals surface area contributed by atoms with Crippen LogP contribution < -0.4 is 16.2 Å². The van der Waals surface area contributed by atoms with E-state index < -0.39 is 11.7 Å². The third kappa shape index (κ3) is 2.59. The highest BCUT2D eigenvalue weighted by molar-refractivity contribution is 5.98. The number of ether oxygens (including phenoxy) is 1. The van der Waals surface area contributed by atoms with E-state index in [1.54, 1.807) is 13.8 Å². The molecular formula is C10H13FN2O2. The van der Waals surface area contributed by atoms with Crippen LogP contribution >= 0.6 is 0 Å². The zero-order valence-electron chi connectivity index (χ0n) is 8.58. The maximum Gasteiger partial charge on any atom is 0.250 e. The van der Waals surface area contributed by atoms with Gasteiger partial charge in [0.1, 0.15) is 0 Å². The van der Waals surface area contributed by atoms with Gasteiger partial charge in [-0.1, -0.05) is 0 Å². The molecule has 0 aliphatic rings. The molecule has 4 nitrogen and oxygen atoms in total. The van der Waals surface area contributed by atoms with E-state index in [1.165, 1.54) is 6.07 Å². The van der Waals surface area contributed by atoms with Crippen molar-refractivity contribution in [2.75, 3.05) is 5.73 Å². The maximum absolute atomic E-state index is 13.3. The predicted molar refractivity (Wildman–Crippen MR) is 55.1 cm³/mol. The Hall–Kier alpha value is -1.78. The number of primary amides is 1. The molecule has 1 amide bonds. The van der Waals surface area contributed by atoms with E-state index in [0.717, 1.165) is 6.07 Å². The van der Waals surface area contributed by atoms with Gasteiger partial charge in [0.2, 0.25) is 0 Å². The molecule has 0 unspecified atom stereocenters. The molecule has 0 spiro atoms. The van der Waals surface area contributed by atoms with Gasteiger partial charge in [0, 0.05) is 11.8 Å². The largest absolute Gasteiger partial charge is 0.488 e. The van der Waals surface area contributed by atoms with Crippen LogP contribution in [0.5, 0.6) is 5.75 Å². The Bertz CT molecular complexity index is 391. The van der Waals surface area contributed by atoms with Crippen molar-refractivity contribution < 1.29 is 13.9 Å². The highest BCUT2D eigenvalue weighted by atomic mass is 19.1. The summed E-state index contributed by atoms with van der Waals surface area (Å²) in [5, 5.41) is 0. The number of hydrogen-bond donors (Lipinski definition) is 2. The van der Waals surface area contributed by atoms with E-state index in [0.29, 0.717) is 0 Å². The van der Waals surface area contributed by atoms with E-state index in [9.17, 15) is 9.18 Å². The third-order valence-corrected chi connectivity index (χ3v) is 1.73. The van der Waals surface area contributed by atoms with Crippen LogP contribution in [-0.4, -0.2) is 12.0 Å². The summed E-state index contributed by atoms with van der Waals surface area (Å²) < 4.78 is 18.4. The van der Waals surface area contributed by atoms with Crippen molar-refractivity contribution >= 4 is 11.6 Å². The average Bonchev–Trinajstić information content (AvgIpc) is 2.08. The van der Waals surface area contributed by atoms with Crippen LogP contribution in [0.15, 0.2) is 12.1 Å². The van der Waals surface area contributed by atoms with Gasteiger partial charge in [0.15, 0.2) is 11.6 Å². The van der Waals surface area contributed by atoms with Crippen molar-refractivity contribution in [3.05, 3.63) is 23.5 Å². The standard InChI is InChI=1S/C10H13FN2O2/c1-5(2)15-9-3-6(10(13)14)8(12)4-7(9)11/h3-5H,12H2,1-2H3,(H2,13,14). The lowest BCUT2D eigenvalue weighted by Gasteiger charge is -2.12. The van der Waals surface area contributed by atoms with Crippen LogP contribution in [0.3, 0.4) is 0 Å². The van der Waals surface area contributed by atoms with Crippen LogP contribution in [0.1, 0.15) is 24.2 Å². The molecule has 1 aromatic carbocycles. The number of carbonyl (C=O) groups is 1. The second-order valence-electron chi connectivity index (χ2n) is 3.40. The molecule has 0 fully saturated rings. The number of nitrogen functional groups attached to an aromatic ring is 1. The molecular weight excluding hydrogens is 199 g/mol. The average molecular weight is 212 g/mol. The highest BCUT2D eigenvalue weighted by Gasteiger charge is 2.13. The second-order valence-corrected chi connectivity index (χ2v) is 3.40. The van der Waals surface area contributed by atoms with Crippen LogP contribution in [0.4, 0.5) is 10.1 Å². The van der Waals surface area contributed by atoms with Crippen LogP contribution in [0.2, 0.25) is 0 Å². The van der Waals surface area contributed by atoms with Gasteiger partial charge in [0.25, 0.3) is 5.91 Å². The van der Waals surface area contributed by atoms with Crippen LogP contribution in [-0.2, 0) is 0 Å². The summed E-state index contributed by atoms with van der Waals surface area (Å²) >= 11 is 0. The Morgan fingerprint density at radius 2 is 2.07 bits per heavy atom. The zero-order chi connectivity index (χ0) is 11.6. The fraction of sp³-hybridized carbons (Fsp3) is 0.300. The lowest BCUT2D eigenvalue weighted by atomic mass is 10.1. The van der Waals surface area contributed by atoms with Gasteiger partial charge < -0.3 is 16.2 Å². The first-order valence-electron chi connectivity index (χ1n) is 4.47. The van der Waals surface area contributed by atoms with E-state index in [2.05, 4.69) is 0 Å². The summed E-state index contributed by atoms with van der Waals surface area (Å²) in [6.45, 7) is 3.50. The SMILES string of the molecule is CC(C)Oc1cc(C(N)=O)c(N)cc1F. The van der Waals surface area contributed by atoms with Crippen molar-refractivity contribution in [3.8, 4) is 5.75 Å². The molecule has 15 heavy (non-hydrogen) atoms. The number of halogens is 1. The molecule has 0 bridgehead atoms. The minimum absolute atomic E-state index is 0.0103. The quantitative estimate of drug-likeness (QED) is 0.741. The van der Waals surface area contributed by atoms with Gasteiger partial charge in [-0.3, -0.25) is 4.79 Å². The molecule has 0 radical (unpaired) electrons. The van der Waals surface area contributed by atoms with Gasteiger partial charge in [-0.05, 0) is 19.9 Å². The number of rotatable bonds is 3. The zero-order valence-corrected chi connectivity index (χ0v) is 8.58. The molecule has 0 heterocycles. The number of anilines is 1. The second kappa shape index (κ2) is 4.16. The summed E-state index contributed by atoms with van der Waals surface area (Å²) in [5.41, 5.74) is 10.6. The minimum Gasteiger partial charge on any atom is -0.488 e. The van der Waals surface area contributed by atoms with Gasteiger partial charge in [-0.15, -0.1) is 0 Å². The van der Waals surface area contributed by atoms with Gasteiger partial charge in [0.05, 0.1) is 11.7 Å². The summed E-state index contributed by atoms with van der Waals surface area (Å²) in [6.07, 6.45) is -0.191. The van der Waals surface area contributed by atoms with Gasteiger partial charge in [-0.2, -0.15) is 0 Å². The molecule has 4 N–H and O–H groups in total. The molecule has 1 rings (SSSR count). The van der Waals surface area contributed by atoms with E-state index in [-0.39, 0.29) is 23.1 Å². The fourth-order valence-electron chi connectivity index (χ4n) is 1.13. The number of nitrogens with two attached hydrogens (primary N) is 2. The molecule has 0 aliphatic heterocycles. The summed E-state index contributed by atoms with van der Waals surface area (Å²) in [7, 11) is 0. The van der Waals surface area contributed by atoms with Gasteiger partial charge in [-0.25, -0.2) is 4.39 Å². The Morgan fingerprint density at radius 3 is 2.53 bits per heavy atom. The molecule has 0 aliphatic carbocycles. The number of amides is 1. The van der Waals surface area contributed by atoms with Crippen molar-refractivity contribution in [2.45, 2.75) is 20.0 Å². The Balaban J connectivity index is 3.17. The molecule has 0 saturated heterocycles. The van der Waals surface area contributed by atoms with Crippen LogP contribution in [0.25, 0.3) is 0 Å². The van der Waals surface area contributed by atoms with Gasteiger partial charge >= 0.3 is 0 Å². The lowest BCUT2D eigenvalue weighted by molar-refractivity contribution is 0.1000. The van der Waals surface area contributed by atoms with Crippen LogP contribution in [0, 0.1) is 5.82 Å². The summed E-state index contributed by atoms with van der Waals surface area (Å²) in [6, 6.07) is 2.24. The molecule has 0 aromatic heterocycles. The third-order valence-electron chi connectivity index (χ3n) is 1.73. The van der Waals surface area contributed by atoms with Crippen molar-refractivity contribution in [1.29, 1.82) is 0 Å². The monoisotopic (exact) mass is 212 g/mol. The minimum atomic E-state index is -0.707. The normalized spacial score (nSPS) is 10.4. The first-order valence-corrected chi connectivity index (χ1v) is 4.47. The summed E-state index contributed by atoms with van der Waals surface area (Å²) in [4.78, 5) is 10.9.